The maximum atomic E-state index is 13.2. The van der Waals surface area contributed by atoms with E-state index in [1.165, 1.54) is 7.11 Å². The molecule has 0 radical (unpaired) electrons. The van der Waals surface area contributed by atoms with Crippen molar-refractivity contribution in [2.24, 2.45) is 0 Å². The molecule has 0 aliphatic carbocycles. The second-order valence-corrected chi connectivity index (χ2v) is 14.4. The molecule has 0 saturated heterocycles. The van der Waals surface area contributed by atoms with Crippen molar-refractivity contribution >= 4 is 41.8 Å². The minimum Gasteiger partial charge on any atom is -0.468 e. The first-order valence-electron chi connectivity index (χ1n) is 10.4. The van der Waals surface area contributed by atoms with E-state index in [0.29, 0.717) is 21.6 Å². The standard InChI is InChI=1S/C25H27BrN2O4Si/c1-5-14-33(3,4)21(16-22(29)28-23(30)18-10-7-6-8-11-18)25(17-27,24(31)32-2)19-12-9-13-20(26)15-19/h5-13,15,21H,1,14,16H2,2-4H3,(H,28,29,30)/t21-,25+/m0/s1. The average Bonchev–Trinajstić information content (AvgIpc) is 2.79. The summed E-state index contributed by atoms with van der Waals surface area (Å²) in [5, 5.41) is 12.8. The van der Waals surface area contributed by atoms with Gasteiger partial charge in [-0.05, 0) is 41.4 Å². The van der Waals surface area contributed by atoms with Crippen LogP contribution >= 0.6 is 15.9 Å². The topological polar surface area (TPSA) is 96.3 Å². The third kappa shape index (κ3) is 5.86. The predicted octanol–water partition coefficient (Wildman–Crippen LogP) is 4.99. The number of amides is 2. The number of rotatable bonds is 9. The third-order valence-corrected chi connectivity index (χ3v) is 10.1. The van der Waals surface area contributed by atoms with Crippen molar-refractivity contribution in [1.82, 2.24) is 5.32 Å². The van der Waals surface area contributed by atoms with Gasteiger partial charge in [0.15, 0.2) is 5.41 Å². The number of methoxy groups -OCH3 is 1. The minimum absolute atomic E-state index is 0.194. The maximum Gasteiger partial charge on any atom is 0.330 e. The molecular formula is C25H27BrN2O4Si. The van der Waals surface area contributed by atoms with Crippen LogP contribution in [0.3, 0.4) is 0 Å². The number of nitriles is 1. The summed E-state index contributed by atoms with van der Waals surface area (Å²) >= 11 is 3.40. The van der Waals surface area contributed by atoms with Gasteiger partial charge in [0, 0.05) is 16.5 Å². The molecule has 0 bridgehead atoms. The number of nitrogens with one attached hydrogen (secondary N) is 1. The first-order valence-corrected chi connectivity index (χ1v) is 14.5. The zero-order valence-corrected chi connectivity index (χ0v) is 21.5. The fourth-order valence-corrected chi connectivity index (χ4v) is 7.79. The summed E-state index contributed by atoms with van der Waals surface area (Å²) in [4.78, 5) is 38.8. The lowest BCUT2D eigenvalue weighted by Gasteiger charge is -2.41. The molecule has 0 fully saturated rings. The van der Waals surface area contributed by atoms with Gasteiger partial charge >= 0.3 is 5.97 Å². The molecule has 1 N–H and O–H groups in total. The van der Waals surface area contributed by atoms with E-state index in [1.807, 2.05) is 13.1 Å². The smallest absolute Gasteiger partial charge is 0.330 e. The maximum absolute atomic E-state index is 13.2. The summed E-state index contributed by atoms with van der Waals surface area (Å²) in [5.41, 5.74) is -1.65. The van der Waals surface area contributed by atoms with Crippen LogP contribution in [-0.2, 0) is 19.7 Å². The number of allylic oxidation sites excluding steroid dienone is 1. The number of benzene rings is 2. The Morgan fingerprint density at radius 3 is 2.42 bits per heavy atom. The Morgan fingerprint density at radius 1 is 1.21 bits per heavy atom. The molecule has 2 aromatic rings. The van der Waals surface area contributed by atoms with Gasteiger partial charge in [-0.25, -0.2) is 4.79 Å². The first kappa shape index (κ1) is 26.2. The molecule has 0 aromatic heterocycles. The first-order chi connectivity index (χ1) is 15.6. The normalized spacial score (nSPS) is 13.7. The Labute approximate surface area is 203 Å². The van der Waals surface area contributed by atoms with Crippen LogP contribution in [-0.4, -0.2) is 33.0 Å². The molecule has 6 nitrogen and oxygen atoms in total. The Hall–Kier alpha value is -3.02. The van der Waals surface area contributed by atoms with E-state index in [9.17, 15) is 19.6 Å². The van der Waals surface area contributed by atoms with Gasteiger partial charge in [0.05, 0.1) is 21.3 Å². The third-order valence-electron chi connectivity index (χ3n) is 5.78. The van der Waals surface area contributed by atoms with E-state index >= 15 is 0 Å². The molecule has 8 heteroatoms. The van der Waals surface area contributed by atoms with Crippen molar-refractivity contribution in [1.29, 1.82) is 5.26 Å². The van der Waals surface area contributed by atoms with Gasteiger partial charge in [0.25, 0.3) is 5.91 Å². The summed E-state index contributed by atoms with van der Waals surface area (Å²) < 4.78 is 5.80. The van der Waals surface area contributed by atoms with E-state index in [4.69, 9.17) is 4.74 Å². The quantitative estimate of drug-likeness (QED) is 0.282. The van der Waals surface area contributed by atoms with Crippen LogP contribution in [0.4, 0.5) is 0 Å². The van der Waals surface area contributed by atoms with Gasteiger partial charge in [-0.3, -0.25) is 14.9 Å². The highest BCUT2D eigenvalue weighted by Crippen LogP contribution is 2.47. The van der Waals surface area contributed by atoms with Gasteiger partial charge < -0.3 is 4.74 Å². The number of hydrogen-bond donors (Lipinski definition) is 1. The van der Waals surface area contributed by atoms with E-state index < -0.39 is 36.8 Å². The summed E-state index contributed by atoms with van der Waals surface area (Å²) in [7, 11) is -1.26. The van der Waals surface area contributed by atoms with Crippen LogP contribution in [0.15, 0.2) is 71.7 Å². The summed E-state index contributed by atoms with van der Waals surface area (Å²) in [6, 6.07) is 18.0. The molecule has 172 valence electrons. The van der Waals surface area contributed by atoms with Gasteiger partial charge in [-0.2, -0.15) is 5.26 Å². The second kappa shape index (κ2) is 11.2. The van der Waals surface area contributed by atoms with Gasteiger partial charge in [0.2, 0.25) is 5.91 Å². The highest BCUT2D eigenvalue weighted by Gasteiger charge is 2.55. The van der Waals surface area contributed by atoms with Crippen molar-refractivity contribution in [3.8, 4) is 6.07 Å². The average molecular weight is 527 g/mol. The van der Waals surface area contributed by atoms with Crippen LogP contribution in [0.25, 0.3) is 0 Å². The second-order valence-electron chi connectivity index (χ2n) is 8.40. The van der Waals surface area contributed by atoms with Crippen LogP contribution in [0, 0.1) is 11.3 Å². The van der Waals surface area contributed by atoms with E-state index in [2.05, 4.69) is 33.9 Å². The van der Waals surface area contributed by atoms with Crippen molar-refractivity contribution in [2.75, 3.05) is 7.11 Å². The number of carbonyl (C=O) groups is 3. The fourth-order valence-electron chi connectivity index (χ4n) is 4.10. The van der Waals surface area contributed by atoms with Crippen molar-refractivity contribution < 1.29 is 19.1 Å². The van der Waals surface area contributed by atoms with E-state index in [1.54, 1.807) is 60.7 Å². The van der Waals surface area contributed by atoms with Crippen LogP contribution < -0.4 is 5.32 Å². The Kier molecular flexibility index (Phi) is 8.91. The Bertz CT molecular complexity index is 1080. The highest BCUT2D eigenvalue weighted by molar-refractivity contribution is 9.10. The zero-order chi connectivity index (χ0) is 24.6. The molecule has 0 saturated carbocycles. The van der Waals surface area contributed by atoms with E-state index in [-0.39, 0.29) is 6.42 Å². The van der Waals surface area contributed by atoms with Crippen LogP contribution in [0.5, 0.6) is 0 Å². The number of halogens is 1. The van der Waals surface area contributed by atoms with Crippen molar-refractivity contribution in [3.05, 3.63) is 82.9 Å². The van der Waals surface area contributed by atoms with Gasteiger partial charge in [-0.1, -0.05) is 65.4 Å². The van der Waals surface area contributed by atoms with Gasteiger partial charge in [-0.15, -0.1) is 6.58 Å². The molecule has 2 rings (SSSR count). The minimum atomic E-state index is -2.49. The highest BCUT2D eigenvalue weighted by atomic mass is 79.9. The Balaban J connectivity index is 2.56. The molecule has 0 unspecified atom stereocenters. The number of carbonyl (C=O) groups excluding carboxylic acids is 3. The number of ether oxygens (including phenoxy) is 1. The monoisotopic (exact) mass is 526 g/mol. The molecule has 0 heterocycles. The lowest BCUT2D eigenvalue weighted by Crippen LogP contribution is -2.52. The molecular weight excluding hydrogens is 500 g/mol. The number of esters is 1. The van der Waals surface area contributed by atoms with Crippen molar-refractivity contribution in [2.45, 2.75) is 36.5 Å². The SMILES string of the molecule is C=CC[Si](C)(C)[C@@H](CC(=O)NC(=O)c1ccccc1)[C@](C#N)(C(=O)OC)c1cccc(Br)c1. The predicted molar refractivity (Wildman–Crippen MR) is 133 cm³/mol. The zero-order valence-electron chi connectivity index (χ0n) is 18.9. The fraction of sp³-hybridized carbons (Fsp3) is 0.280. The summed E-state index contributed by atoms with van der Waals surface area (Å²) in [5.74, 6) is -1.83. The molecule has 2 atom stereocenters. The molecule has 0 aliphatic heterocycles. The Morgan fingerprint density at radius 2 is 1.88 bits per heavy atom. The largest absolute Gasteiger partial charge is 0.468 e. The number of nitrogens with zero attached hydrogens (tertiary/aromatic N) is 1. The van der Waals surface area contributed by atoms with Gasteiger partial charge in [0.1, 0.15) is 0 Å². The lowest BCUT2D eigenvalue weighted by molar-refractivity contribution is -0.145. The van der Waals surface area contributed by atoms with E-state index in [0.717, 1.165) is 0 Å². The molecule has 2 aromatic carbocycles. The summed E-state index contributed by atoms with van der Waals surface area (Å²) in [6.07, 6.45) is 1.55. The number of imide groups is 1. The molecule has 2 amide bonds. The molecule has 0 spiro atoms. The summed E-state index contributed by atoms with van der Waals surface area (Å²) in [6.45, 7) is 7.83. The van der Waals surface area contributed by atoms with Crippen molar-refractivity contribution in [3.63, 3.8) is 0 Å². The number of hydrogen-bond acceptors (Lipinski definition) is 5. The molecule has 0 aliphatic rings. The van der Waals surface area contributed by atoms with Crippen LogP contribution in [0.2, 0.25) is 24.7 Å². The van der Waals surface area contributed by atoms with Crippen LogP contribution in [0.1, 0.15) is 22.3 Å². The molecule has 33 heavy (non-hydrogen) atoms. The lowest BCUT2D eigenvalue weighted by atomic mass is 9.77.